The maximum atomic E-state index is 13.8. The molecule has 4 aromatic rings. The molecular formula is C16H8FNO2S2. The van der Waals surface area contributed by atoms with Gasteiger partial charge in [0.2, 0.25) is 5.89 Å². The van der Waals surface area contributed by atoms with Gasteiger partial charge in [-0.2, -0.15) is 0 Å². The maximum Gasteiger partial charge on any atom is 0.348 e. The Morgan fingerprint density at radius 2 is 1.91 bits per heavy atom. The van der Waals surface area contributed by atoms with Crippen molar-refractivity contribution in [3.8, 4) is 21.9 Å². The molecular weight excluding hydrogens is 321 g/mol. The number of benzene rings is 1. The Bertz CT molecular complexity index is 1020. The van der Waals surface area contributed by atoms with Crippen molar-refractivity contribution in [2.45, 2.75) is 0 Å². The Morgan fingerprint density at radius 1 is 1.05 bits per heavy atom. The molecule has 0 aliphatic heterocycles. The predicted molar refractivity (Wildman–Crippen MR) is 86.9 cm³/mol. The van der Waals surface area contributed by atoms with Crippen LogP contribution in [-0.2, 0) is 0 Å². The molecule has 0 N–H and O–H groups in total. The van der Waals surface area contributed by atoms with Crippen molar-refractivity contribution < 1.29 is 8.81 Å². The van der Waals surface area contributed by atoms with Crippen LogP contribution in [0.2, 0.25) is 0 Å². The minimum Gasteiger partial charge on any atom is -0.403 e. The normalized spacial score (nSPS) is 11.1. The van der Waals surface area contributed by atoms with Gasteiger partial charge in [0, 0.05) is 15.8 Å². The van der Waals surface area contributed by atoms with Gasteiger partial charge in [-0.3, -0.25) is 0 Å². The van der Waals surface area contributed by atoms with Gasteiger partial charge in [-0.05, 0) is 23.6 Å². The van der Waals surface area contributed by atoms with E-state index in [1.807, 2.05) is 22.9 Å². The Hall–Kier alpha value is -2.31. The summed E-state index contributed by atoms with van der Waals surface area (Å²) in [7, 11) is 0. The lowest BCUT2D eigenvalue weighted by atomic mass is 10.2. The molecule has 0 unspecified atom stereocenters. The zero-order valence-electron chi connectivity index (χ0n) is 11.1. The summed E-state index contributed by atoms with van der Waals surface area (Å²) >= 11 is 2.90. The summed E-state index contributed by atoms with van der Waals surface area (Å²) in [6, 6.07) is 9.97. The maximum absolute atomic E-state index is 13.8. The van der Waals surface area contributed by atoms with Crippen LogP contribution in [0.1, 0.15) is 0 Å². The highest BCUT2D eigenvalue weighted by molar-refractivity contribution is 7.18. The molecule has 0 spiro atoms. The number of rotatable bonds is 2. The Balaban J connectivity index is 1.97. The van der Waals surface area contributed by atoms with Crippen molar-refractivity contribution in [2.75, 3.05) is 0 Å². The molecule has 0 radical (unpaired) electrons. The minimum absolute atomic E-state index is 0.00943. The summed E-state index contributed by atoms with van der Waals surface area (Å²) < 4.78 is 19.1. The molecule has 6 heteroatoms. The van der Waals surface area contributed by atoms with Crippen LogP contribution in [0.4, 0.5) is 4.39 Å². The van der Waals surface area contributed by atoms with E-state index in [4.69, 9.17) is 4.42 Å². The van der Waals surface area contributed by atoms with E-state index in [0.717, 1.165) is 10.4 Å². The molecule has 1 aromatic carbocycles. The molecule has 3 aromatic heterocycles. The molecule has 0 bridgehead atoms. The van der Waals surface area contributed by atoms with Crippen molar-refractivity contribution in [2.24, 2.45) is 0 Å². The lowest BCUT2D eigenvalue weighted by molar-refractivity contribution is 0.512. The first-order valence-corrected chi connectivity index (χ1v) is 8.21. The summed E-state index contributed by atoms with van der Waals surface area (Å²) in [5.41, 5.74) is 0.511. The molecule has 108 valence electrons. The molecule has 0 saturated carbocycles. The van der Waals surface area contributed by atoms with Gasteiger partial charge < -0.3 is 4.42 Å². The largest absolute Gasteiger partial charge is 0.403 e. The smallest absolute Gasteiger partial charge is 0.348 e. The van der Waals surface area contributed by atoms with Gasteiger partial charge >= 0.3 is 5.63 Å². The molecule has 0 fully saturated rings. The van der Waals surface area contributed by atoms with Gasteiger partial charge in [-0.15, -0.1) is 22.7 Å². The number of nitrogens with zero attached hydrogens (tertiary/aromatic N) is 1. The van der Waals surface area contributed by atoms with Crippen LogP contribution < -0.4 is 5.63 Å². The lowest BCUT2D eigenvalue weighted by Crippen LogP contribution is -2.02. The standard InChI is InChI=1S/C16H8FNO2S2/c17-11-5-2-1-4-9(11)14-18-15-13(16(19)20-14)10(8-22-15)12-6-3-7-21-12/h1-8H. The molecule has 0 amide bonds. The molecule has 0 aliphatic rings. The van der Waals surface area contributed by atoms with Crippen LogP contribution in [0.15, 0.2) is 56.4 Å². The summed E-state index contributed by atoms with van der Waals surface area (Å²) in [6.07, 6.45) is 0. The van der Waals surface area contributed by atoms with E-state index < -0.39 is 11.4 Å². The molecule has 22 heavy (non-hydrogen) atoms. The SMILES string of the molecule is O=c1oc(-c2ccccc2F)nc2scc(-c3cccs3)c12. The first-order valence-electron chi connectivity index (χ1n) is 6.45. The van der Waals surface area contributed by atoms with Crippen molar-refractivity contribution in [1.29, 1.82) is 0 Å². The van der Waals surface area contributed by atoms with Crippen molar-refractivity contribution >= 4 is 32.9 Å². The number of halogens is 1. The number of fused-ring (bicyclic) bond motifs is 1. The van der Waals surface area contributed by atoms with Crippen molar-refractivity contribution in [3.05, 3.63) is 63.4 Å². The first-order chi connectivity index (χ1) is 10.7. The summed E-state index contributed by atoms with van der Waals surface area (Å²) in [6.45, 7) is 0. The first kappa shape index (κ1) is 13.4. The van der Waals surface area contributed by atoms with Crippen LogP contribution >= 0.6 is 22.7 Å². The zero-order valence-corrected chi connectivity index (χ0v) is 12.7. The van der Waals surface area contributed by atoms with Crippen LogP contribution in [0.3, 0.4) is 0 Å². The van der Waals surface area contributed by atoms with E-state index >= 15 is 0 Å². The monoisotopic (exact) mass is 329 g/mol. The van der Waals surface area contributed by atoms with Crippen molar-refractivity contribution in [1.82, 2.24) is 4.98 Å². The quantitative estimate of drug-likeness (QED) is 0.531. The van der Waals surface area contributed by atoms with Gasteiger partial charge in [0.05, 0.1) is 5.56 Å². The fourth-order valence-corrected chi connectivity index (χ4v) is 3.99. The number of aromatic nitrogens is 1. The lowest BCUT2D eigenvalue weighted by Gasteiger charge is -2.01. The van der Waals surface area contributed by atoms with Crippen LogP contribution in [0, 0.1) is 5.82 Å². The average molecular weight is 329 g/mol. The fourth-order valence-electron chi connectivity index (χ4n) is 2.24. The summed E-state index contributed by atoms with van der Waals surface area (Å²) in [5, 5.41) is 4.28. The average Bonchev–Trinajstić information content (AvgIpc) is 3.16. The second-order valence-corrected chi connectivity index (χ2v) is 6.40. The van der Waals surface area contributed by atoms with Gasteiger partial charge in [0.25, 0.3) is 0 Å². The fraction of sp³-hybridized carbons (Fsp3) is 0. The topological polar surface area (TPSA) is 43.1 Å². The second kappa shape index (κ2) is 5.15. The second-order valence-electron chi connectivity index (χ2n) is 4.59. The van der Waals surface area contributed by atoms with Crippen molar-refractivity contribution in [3.63, 3.8) is 0 Å². The Kier molecular flexibility index (Phi) is 3.13. The van der Waals surface area contributed by atoms with E-state index in [0.29, 0.717) is 10.2 Å². The van der Waals surface area contributed by atoms with Crippen LogP contribution in [0.5, 0.6) is 0 Å². The summed E-state index contributed by atoms with van der Waals surface area (Å²) in [4.78, 5) is 18.2. The third kappa shape index (κ3) is 2.08. The van der Waals surface area contributed by atoms with E-state index in [2.05, 4.69) is 4.98 Å². The van der Waals surface area contributed by atoms with Crippen LogP contribution in [-0.4, -0.2) is 4.98 Å². The van der Waals surface area contributed by atoms with Gasteiger partial charge in [-0.1, -0.05) is 18.2 Å². The highest BCUT2D eigenvalue weighted by Gasteiger charge is 2.17. The van der Waals surface area contributed by atoms with Crippen LogP contribution in [0.25, 0.3) is 32.1 Å². The van der Waals surface area contributed by atoms with Gasteiger partial charge in [-0.25, -0.2) is 14.2 Å². The highest BCUT2D eigenvalue weighted by atomic mass is 32.1. The molecule has 4 rings (SSSR count). The van der Waals surface area contributed by atoms with E-state index in [1.54, 1.807) is 29.5 Å². The van der Waals surface area contributed by atoms with Gasteiger partial charge in [0.1, 0.15) is 16.0 Å². The minimum atomic E-state index is -0.493. The Morgan fingerprint density at radius 3 is 2.68 bits per heavy atom. The molecule has 0 atom stereocenters. The molecule has 0 saturated heterocycles. The zero-order chi connectivity index (χ0) is 15.1. The Labute approximate surface area is 132 Å². The van der Waals surface area contributed by atoms with E-state index in [1.165, 1.54) is 17.4 Å². The van der Waals surface area contributed by atoms with E-state index in [-0.39, 0.29) is 11.5 Å². The van der Waals surface area contributed by atoms with Gasteiger partial charge in [0.15, 0.2) is 0 Å². The third-order valence-corrected chi connectivity index (χ3v) is 5.03. The molecule has 0 aliphatic carbocycles. The number of hydrogen-bond donors (Lipinski definition) is 0. The number of thiophene rings is 2. The molecule has 3 heterocycles. The van der Waals surface area contributed by atoms with E-state index in [9.17, 15) is 9.18 Å². The predicted octanol–water partition coefficient (Wildman–Crippen LogP) is 4.78. The number of hydrogen-bond acceptors (Lipinski definition) is 5. The summed E-state index contributed by atoms with van der Waals surface area (Å²) in [5.74, 6) is -0.456. The highest BCUT2D eigenvalue weighted by Crippen LogP contribution is 2.34. The third-order valence-electron chi connectivity index (χ3n) is 3.26. The molecule has 3 nitrogen and oxygen atoms in total.